The molecule has 0 aromatic heterocycles. The highest BCUT2D eigenvalue weighted by atomic mass is 127. The number of halogens is 1. The highest BCUT2D eigenvalue weighted by molar-refractivity contribution is 14.1. The van der Waals surface area contributed by atoms with Crippen molar-refractivity contribution in [3.63, 3.8) is 0 Å². The zero-order valence-corrected chi connectivity index (χ0v) is 6.92. The predicted molar refractivity (Wildman–Crippen MR) is 48.5 cm³/mol. The van der Waals surface area contributed by atoms with Gasteiger partial charge in [0.25, 0.3) is 0 Å². The molecule has 0 saturated carbocycles. The first-order chi connectivity index (χ1) is 4.33. The second-order valence-corrected chi connectivity index (χ2v) is 2.26. The van der Waals surface area contributed by atoms with Crippen LogP contribution in [0, 0.1) is 0 Å². The molecule has 0 unspecified atom stereocenters. The number of hydrogen-bond acceptors (Lipinski definition) is 2. The molecule has 0 atom stereocenters. The third-order valence-electron chi connectivity index (χ3n) is 1.02. The molecule has 1 aromatic rings. The fourth-order valence-electron chi connectivity index (χ4n) is 0.546. The molecule has 0 fully saturated rings. The summed E-state index contributed by atoms with van der Waals surface area (Å²) in [5, 5.41) is 0. The summed E-state index contributed by atoms with van der Waals surface area (Å²) in [4.78, 5) is 0. The number of nitrogen functional groups attached to an aromatic ring is 1. The summed E-state index contributed by atoms with van der Waals surface area (Å²) in [6.07, 6.45) is 0. The van der Waals surface area contributed by atoms with Gasteiger partial charge < -0.3 is 9.26 Å². The smallest absolute Gasteiger partial charge is 0.0560 e. The maximum absolute atomic E-state index is 5.45. The Hall–Kier alpha value is -0.450. The second-order valence-electron chi connectivity index (χ2n) is 1.72. The van der Waals surface area contributed by atoms with Gasteiger partial charge in [-0.1, -0.05) is 0 Å². The average Bonchev–Trinajstić information content (AvgIpc) is 1.90. The van der Waals surface area contributed by atoms with Crippen LogP contribution in [0.1, 0.15) is 0 Å². The highest BCUT2D eigenvalue weighted by Gasteiger charge is 1.85. The first kappa shape index (κ1) is 6.67. The lowest BCUT2D eigenvalue weighted by Gasteiger charge is -1.95. The fourth-order valence-corrected chi connectivity index (χ4v) is 0.906. The zero-order valence-electron chi connectivity index (χ0n) is 4.76. The molecule has 0 aliphatic carbocycles. The lowest BCUT2D eigenvalue weighted by Crippen LogP contribution is -1.83. The summed E-state index contributed by atoms with van der Waals surface area (Å²) in [5.74, 6) is 0. The molecule has 0 radical (unpaired) electrons. The molecule has 3 heteroatoms. The molecule has 0 spiro atoms. The van der Waals surface area contributed by atoms with E-state index in [0.717, 1.165) is 11.4 Å². The molecular weight excluding hydrogens is 227 g/mol. The highest BCUT2D eigenvalue weighted by Crippen LogP contribution is 2.11. The normalized spacial score (nSPS) is 9.00. The van der Waals surface area contributed by atoms with Crippen LogP contribution in [0.15, 0.2) is 24.3 Å². The monoisotopic (exact) mass is 234 g/mol. The van der Waals surface area contributed by atoms with Gasteiger partial charge in [-0.15, -0.1) is 0 Å². The standard InChI is InChI=1S/C6H7IN2/c7-9-6-3-1-5(8)2-4-6/h1-4,9H,8H2. The molecule has 0 saturated heterocycles. The van der Waals surface area contributed by atoms with E-state index in [1.807, 2.05) is 24.3 Å². The first-order valence-corrected chi connectivity index (χ1v) is 3.63. The lowest BCUT2D eigenvalue weighted by atomic mass is 10.3. The van der Waals surface area contributed by atoms with E-state index in [1.165, 1.54) is 0 Å². The minimum absolute atomic E-state index is 0.797. The van der Waals surface area contributed by atoms with Gasteiger partial charge in [-0.2, -0.15) is 0 Å². The average molecular weight is 234 g/mol. The number of hydrogen-bond donors (Lipinski definition) is 2. The third kappa shape index (κ3) is 1.74. The molecule has 1 rings (SSSR count). The molecule has 0 aliphatic rings. The minimum Gasteiger partial charge on any atom is -0.399 e. The molecule has 0 amide bonds. The molecule has 0 bridgehead atoms. The third-order valence-corrected chi connectivity index (χ3v) is 1.64. The largest absolute Gasteiger partial charge is 0.399 e. The van der Waals surface area contributed by atoms with Crippen LogP contribution in [-0.4, -0.2) is 0 Å². The SMILES string of the molecule is Nc1ccc(NI)cc1. The molecule has 3 N–H and O–H groups in total. The van der Waals surface area contributed by atoms with E-state index in [1.54, 1.807) is 0 Å². The Bertz CT molecular complexity index is 183. The van der Waals surface area contributed by atoms with Gasteiger partial charge in [-0.25, -0.2) is 0 Å². The number of anilines is 2. The summed E-state index contributed by atoms with van der Waals surface area (Å²) in [5.41, 5.74) is 7.32. The summed E-state index contributed by atoms with van der Waals surface area (Å²) >= 11 is 2.07. The molecule has 0 heterocycles. The molecule has 0 aliphatic heterocycles. The Morgan fingerprint density at radius 1 is 1.22 bits per heavy atom. The van der Waals surface area contributed by atoms with Crippen LogP contribution in [0.5, 0.6) is 0 Å². The van der Waals surface area contributed by atoms with Crippen molar-refractivity contribution >= 4 is 34.2 Å². The summed E-state index contributed by atoms with van der Waals surface area (Å²) < 4.78 is 2.97. The first-order valence-electron chi connectivity index (χ1n) is 2.55. The Balaban J connectivity index is 2.88. The van der Waals surface area contributed by atoms with Crippen molar-refractivity contribution in [3.05, 3.63) is 24.3 Å². The van der Waals surface area contributed by atoms with Crippen LogP contribution in [0.25, 0.3) is 0 Å². The van der Waals surface area contributed by atoms with E-state index in [2.05, 4.69) is 26.4 Å². The van der Waals surface area contributed by atoms with Gasteiger partial charge in [0.2, 0.25) is 0 Å². The van der Waals surface area contributed by atoms with Crippen molar-refractivity contribution in [2.24, 2.45) is 0 Å². The van der Waals surface area contributed by atoms with Crippen LogP contribution in [0.2, 0.25) is 0 Å². The number of benzene rings is 1. The van der Waals surface area contributed by atoms with Gasteiger partial charge in [-0.3, -0.25) is 0 Å². The van der Waals surface area contributed by atoms with Crippen LogP contribution in [0.4, 0.5) is 11.4 Å². The topological polar surface area (TPSA) is 38.0 Å². The number of rotatable bonds is 1. The van der Waals surface area contributed by atoms with E-state index in [-0.39, 0.29) is 0 Å². The van der Waals surface area contributed by atoms with Gasteiger partial charge >= 0.3 is 0 Å². The molecule has 1 aromatic carbocycles. The van der Waals surface area contributed by atoms with Gasteiger partial charge in [0.1, 0.15) is 0 Å². The molecular formula is C6H7IN2. The summed E-state index contributed by atoms with van der Waals surface area (Å²) in [6.45, 7) is 0. The van der Waals surface area contributed by atoms with E-state index in [0.29, 0.717) is 0 Å². The van der Waals surface area contributed by atoms with Crippen molar-refractivity contribution in [1.29, 1.82) is 0 Å². The summed E-state index contributed by atoms with van der Waals surface area (Å²) in [7, 11) is 0. The molecule has 2 nitrogen and oxygen atoms in total. The predicted octanol–water partition coefficient (Wildman–Crippen LogP) is 2.03. The molecule has 9 heavy (non-hydrogen) atoms. The van der Waals surface area contributed by atoms with Crippen LogP contribution in [-0.2, 0) is 0 Å². The van der Waals surface area contributed by atoms with Crippen molar-refractivity contribution < 1.29 is 0 Å². The Morgan fingerprint density at radius 2 is 1.78 bits per heavy atom. The van der Waals surface area contributed by atoms with Crippen LogP contribution >= 0.6 is 22.9 Å². The number of nitrogens with one attached hydrogen (secondary N) is 1. The van der Waals surface area contributed by atoms with Gasteiger partial charge in [0.15, 0.2) is 0 Å². The fraction of sp³-hybridized carbons (Fsp3) is 0. The molecule has 48 valence electrons. The van der Waals surface area contributed by atoms with Crippen molar-refractivity contribution in [2.45, 2.75) is 0 Å². The second kappa shape index (κ2) is 2.91. The minimum atomic E-state index is 0.797. The van der Waals surface area contributed by atoms with E-state index >= 15 is 0 Å². The van der Waals surface area contributed by atoms with E-state index in [4.69, 9.17) is 5.73 Å². The van der Waals surface area contributed by atoms with E-state index in [9.17, 15) is 0 Å². The van der Waals surface area contributed by atoms with Crippen molar-refractivity contribution in [1.82, 2.24) is 0 Å². The Kier molecular flexibility index (Phi) is 2.16. The van der Waals surface area contributed by atoms with Crippen LogP contribution in [0.3, 0.4) is 0 Å². The number of nitrogens with two attached hydrogens (primary N) is 1. The lowest BCUT2D eigenvalue weighted by molar-refractivity contribution is 1.68. The van der Waals surface area contributed by atoms with E-state index < -0.39 is 0 Å². The maximum atomic E-state index is 5.45. The zero-order chi connectivity index (χ0) is 6.69. The van der Waals surface area contributed by atoms with Crippen molar-refractivity contribution in [3.8, 4) is 0 Å². The van der Waals surface area contributed by atoms with Gasteiger partial charge in [0, 0.05) is 11.4 Å². The van der Waals surface area contributed by atoms with Crippen LogP contribution < -0.4 is 9.26 Å². The quantitative estimate of drug-likeness (QED) is 0.443. The summed E-state index contributed by atoms with van der Waals surface area (Å²) in [6, 6.07) is 7.59. The Morgan fingerprint density at radius 3 is 2.22 bits per heavy atom. The Labute approximate surface area is 67.9 Å². The van der Waals surface area contributed by atoms with Gasteiger partial charge in [0.05, 0.1) is 22.9 Å². The maximum Gasteiger partial charge on any atom is 0.0560 e. The van der Waals surface area contributed by atoms with Crippen molar-refractivity contribution in [2.75, 3.05) is 9.26 Å². The van der Waals surface area contributed by atoms with Gasteiger partial charge in [-0.05, 0) is 24.3 Å².